The molecular weight excluding hydrogens is 280 g/mol. The molecule has 3 rings (SSSR count). The van der Waals surface area contributed by atoms with Crippen LogP contribution in [0.2, 0.25) is 0 Å². The fraction of sp³-hybridized carbons (Fsp3) is 0.647. The van der Waals surface area contributed by atoms with Gasteiger partial charge < -0.3 is 9.67 Å². The van der Waals surface area contributed by atoms with E-state index in [0.717, 1.165) is 63.0 Å². The highest BCUT2D eigenvalue weighted by atomic mass is 16.4. The first-order chi connectivity index (χ1) is 10.6. The van der Waals surface area contributed by atoms with E-state index in [9.17, 15) is 9.59 Å². The van der Waals surface area contributed by atoms with Gasteiger partial charge in [-0.3, -0.25) is 14.5 Å². The highest BCUT2D eigenvalue weighted by Crippen LogP contribution is 2.31. The molecule has 1 fully saturated rings. The Hall–Kier alpha value is -1.62. The standard InChI is InChI=1S/C17H24N2O3/c1-2-18-8-7-15-13(11-18)9-12(10-16(20)21)17(22)19(15)14-5-3-4-6-14/h9,14H,2-8,10-11H2,1H3,(H,20,21). The first-order valence-corrected chi connectivity index (χ1v) is 8.30. The fourth-order valence-corrected chi connectivity index (χ4v) is 3.90. The first kappa shape index (κ1) is 15.3. The van der Waals surface area contributed by atoms with Crippen LogP contribution in [-0.2, 0) is 24.2 Å². The minimum Gasteiger partial charge on any atom is -0.481 e. The predicted octanol–water partition coefficient (Wildman–Crippen LogP) is 1.97. The van der Waals surface area contributed by atoms with Gasteiger partial charge in [-0.2, -0.15) is 0 Å². The van der Waals surface area contributed by atoms with Gasteiger partial charge in [0.1, 0.15) is 0 Å². The van der Waals surface area contributed by atoms with Crippen LogP contribution in [0.4, 0.5) is 0 Å². The lowest BCUT2D eigenvalue weighted by atomic mass is 10.00. The Labute approximate surface area is 130 Å². The number of hydrogen-bond donors (Lipinski definition) is 1. The third-order valence-corrected chi connectivity index (χ3v) is 5.04. The summed E-state index contributed by atoms with van der Waals surface area (Å²) < 4.78 is 1.95. The largest absolute Gasteiger partial charge is 0.481 e. The molecule has 1 N–H and O–H groups in total. The van der Waals surface area contributed by atoms with Gasteiger partial charge in [0, 0.05) is 36.8 Å². The van der Waals surface area contributed by atoms with Crippen LogP contribution < -0.4 is 5.56 Å². The van der Waals surface area contributed by atoms with Gasteiger partial charge >= 0.3 is 5.97 Å². The summed E-state index contributed by atoms with van der Waals surface area (Å²) in [6.07, 6.45) is 5.13. The molecule has 0 saturated heterocycles. The maximum atomic E-state index is 12.8. The highest BCUT2D eigenvalue weighted by molar-refractivity contribution is 5.70. The summed E-state index contributed by atoms with van der Waals surface area (Å²) in [6.45, 7) is 4.92. The number of fused-ring (bicyclic) bond motifs is 1. The molecule has 120 valence electrons. The van der Waals surface area contributed by atoms with Crippen LogP contribution in [0.15, 0.2) is 10.9 Å². The molecule has 0 unspecified atom stereocenters. The number of pyridine rings is 1. The highest BCUT2D eigenvalue weighted by Gasteiger charge is 2.27. The maximum absolute atomic E-state index is 12.8. The Morgan fingerprint density at radius 3 is 2.73 bits per heavy atom. The van der Waals surface area contributed by atoms with E-state index in [2.05, 4.69) is 11.8 Å². The van der Waals surface area contributed by atoms with Crippen LogP contribution in [0.3, 0.4) is 0 Å². The molecule has 1 aromatic rings. The molecule has 2 heterocycles. The molecule has 0 atom stereocenters. The van der Waals surface area contributed by atoms with E-state index in [1.54, 1.807) is 0 Å². The van der Waals surface area contributed by atoms with Gasteiger partial charge in [-0.15, -0.1) is 0 Å². The first-order valence-electron chi connectivity index (χ1n) is 8.30. The quantitative estimate of drug-likeness (QED) is 0.924. The van der Waals surface area contributed by atoms with Crippen molar-refractivity contribution >= 4 is 5.97 Å². The molecule has 0 spiro atoms. The number of nitrogens with zero attached hydrogens (tertiary/aromatic N) is 2. The number of carboxylic acid groups (broad SMARTS) is 1. The van der Waals surface area contributed by atoms with Crippen molar-refractivity contribution in [3.8, 4) is 0 Å². The van der Waals surface area contributed by atoms with E-state index in [0.29, 0.717) is 5.56 Å². The van der Waals surface area contributed by atoms with Crippen molar-refractivity contribution < 1.29 is 9.90 Å². The van der Waals surface area contributed by atoms with Crippen molar-refractivity contribution in [1.82, 2.24) is 9.47 Å². The van der Waals surface area contributed by atoms with E-state index in [1.807, 2.05) is 10.6 Å². The minimum absolute atomic E-state index is 0.0713. The van der Waals surface area contributed by atoms with Crippen molar-refractivity contribution in [2.75, 3.05) is 13.1 Å². The lowest BCUT2D eigenvalue weighted by Gasteiger charge is -2.31. The van der Waals surface area contributed by atoms with Gasteiger partial charge in [-0.25, -0.2) is 0 Å². The number of carboxylic acids is 1. The summed E-state index contributed by atoms with van der Waals surface area (Å²) in [6, 6.07) is 2.11. The van der Waals surface area contributed by atoms with Gasteiger partial charge in [0.2, 0.25) is 0 Å². The minimum atomic E-state index is -0.932. The predicted molar refractivity (Wildman–Crippen MR) is 84.2 cm³/mol. The van der Waals surface area contributed by atoms with Gasteiger partial charge in [-0.05, 0) is 31.0 Å². The van der Waals surface area contributed by atoms with Gasteiger partial charge in [0.05, 0.1) is 6.42 Å². The molecular formula is C17H24N2O3. The Morgan fingerprint density at radius 1 is 1.36 bits per heavy atom. The topological polar surface area (TPSA) is 62.5 Å². The number of aliphatic carboxylic acids is 1. The average molecular weight is 304 g/mol. The van der Waals surface area contributed by atoms with Crippen molar-refractivity contribution in [2.24, 2.45) is 0 Å². The summed E-state index contributed by atoms with van der Waals surface area (Å²) in [5.41, 5.74) is 2.67. The molecule has 1 aliphatic carbocycles. The Bertz CT molecular complexity index is 630. The molecule has 5 heteroatoms. The van der Waals surface area contributed by atoms with Gasteiger partial charge in [-0.1, -0.05) is 19.8 Å². The lowest BCUT2D eigenvalue weighted by molar-refractivity contribution is -0.136. The number of rotatable bonds is 4. The zero-order valence-electron chi connectivity index (χ0n) is 13.2. The summed E-state index contributed by atoms with van der Waals surface area (Å²) in [7, 11) is 0. The third kappa shape index (κ3) is 2.82. The normalized spacial score (nSPS) is 19.3. The molecule has 22 heavy (non-hydrogen) atoms. The zero-order chi connectivity index (χ0) is 15.7. The second-order valence-corrected chi connectivity index (χ2v) is 6.44. The van der Waals surface area contributed by atoms with Crippen LogP contribution in [0.25, 0.3) is 0 Å². The van der Waals surface area contributed by atoms with Crippen LogP contribution in [0.5, 0.6) is 0 Å². The Morgan fingerprint density at radius 2 is 2.09 bits per heavy atom. The molecule has 0 bridgehead atoms. The molecule has 0 radical (unpaired) electrons. The van der Waals surface area contributed by atoms with Crippen molar-refractivity contribution in [1.29, 1.82) is 0 Å². The molecule has 0 amide bonds. The van der Waals surface area contributed by atoms with E-state index < -0.39 is 5.97 Å². The van der Waals surface area contributed by atoms with Crippen LogP contribution in [-0.4, -0.2) is 33.6 Å². The van der Waals surface area contributed by atoms with E-state index in [4.69, 9.17) is 5.11 Å². The van der Waals surface area contributed by atoms with Gasteiger partial charge in [0.25, 0.3) is 5.56 Å². The molecule has 0 aromatic carbocycles. The second kappa shape index (κ2) is 6.24. The monoisotopic (exact) mass is 304 g/mol. The van der Waals surface area contributed by atoms with Crippen LogP contribution in [0.1, 0.15) is 55.5 Å². The van der Waals surface area contributed by atoms with Crippen LogP contribution in [0, 0.1) is 0 Å². The molecule has 5 nitrogen and oxygen atoms in total. The van der Waals surface area contributed by atoms with Crippen molar-refractivity contribution in [3.05, 3.63) is 33.2 Å². The fourth-order valence-electron chi connectivity index (χ4n) is 3.90. The van der Waals surface area contributed by atoms with Gasteiger partial charge in [0.15, 0.2) is 0 Å². The number of hydrogen-bond acceptors (Lipinski definition) is 3. The van der Waals surface area contributed by atoms with Crippen molar-refractivity contribution in [2.45, 2.75) is 58.0 Å². The molecule has 2 aliphatic rings. The lowest BCUT2D eigenvalue weighted by Crippen LogP contribution is -2.38. The summed E-state index contributed by atoms with van der Waals surface area (Å²) in [5, 5.41) is 9.09. The zero-order valence-corrected chi connectivity index (χ0v) is 13.2. The molecule has 1 aromatic heterocycles. The summed E-state index contributed by atoms with van der Waals surface area (Å²) >= 11 is 0. The number of likely N-dealkylation sites (N-methyl/N-ethyl adjacent to an activating group) is 1. The SMILES string of the molecule is CCN1CCc2c(cc(CC(=O)O)c(=O)n2C2CCCC2)C1. The summed E-state index contributed by atoms with van der Waals surface area (Å²) in [5.74, 6) is -0.932. The van der Waals surface area contributed by atoms with Crippen molar-refractivity contribution in [3.63, 3.8) is 0 Å². The smallest absolute Gasteiger partial charge is 0.308 e. The average Bonchev–Trinajstić information content (AvgIpc) is 3.01. The Balaban J connectivity index is 2.09. The second-order valence-electron chi connectivity index (χ2n) is 6.44. The number of carbonyl (C=O) groups is 1. The Kier molecular flexibility index (Phi) is 4.34. The maximum Gasteiger partial charge on any atom is 0.308 e. The van der Waals surface area contributed by atoms with E-state index in [1.165, 1.54) is 0 Å². The summed E-state index contributed by atoms with van der Waals surface area (Å²) in [4.78, 5) is 26.2. The molecule has 1 aliphatic heterocycles. The van der Waals surface area contributed by atoms with Crippen LogP contribution >= 0.6 is 0 Å². The van der Waals surface area contributed by atoms with E-state index >= 15 is 0 Å². The third-order valence-electron chi connectivity index (χ3n) is 5.04. The molecule has 1 saturated carbocycles. The number of aromatic nitrogens is 1. The van der Waals surface area contributed by atoms with E-state index in [-0.39, 0.29) is 18.0 Å².